The summed E-state index contributed by atoms with van der Waals surface area (Å²) in [4.78, 5) is 0. The Labute approximate surface area is 35.6 Å². The van der Waals surface area contributed by atoms with Gasteiger partial charge in [0.1, 0.15) is 0 Å². The number of hydrogen-bond acceptors (Lipinski definition) is 1. The van der Waals surface area contributed by atoms with E-state index in [4.69, 9.17) is 4.19 Å². The summed E-state index contributed by atoms with van der Waals surface area (Å²) in [6.07, 6.45) is 0. The van der Waals surface area contributed by atoms with Crippen molar-refractivity contribution in [3.63, 3.8) is 0 Å². The quantitative estimate of drug-likeness (QED) is 0.495. The van der Waals surface area contributed by atoms with Gasteiger partial charge in [0, 0.05) is 0 Å². The van der Waals surface area contributed by atoms with Crippen LogP contribution >= 0.6 is 0 Å². The second-order valence-corrected chi connectivity index (χ2v) is 9.21. The van der Waals surface area contributed by atoms with Crippen LogP contribution in [0.2, 0.25) is 17.5 Å². The van der Waals surface area contributed by atoms with Crippen LogP contribution in [0.15, 0.2) is 0 Å². The molecule has 5 heavy (non-hydrogen) atoms. The second kappa shape index (κ2) is 1.29. The predicted molar refractivity (Wildman–Crippen MR) is 25.6 cm³/mol. The Morgan fingerprint density at radius 2 is 1.20 bits per heavy atom. The molecule has 1 nitrogen and oxygen atoms in total. The topological polar surface area (TPSA) is 20.2 Å². The van der Waals surface area contributed by atoms with Gasteiger partial charge < -0.3 is 0 Å². The fraction of sp³-hybridized carbons (Fsp3) is 1.00. The Morgan fingerprint density at radius 3 is 1.20 bits per heavy atom. The maximum atomic E-state index is 8.68. The van der Waals surface area contributed by atoms with Crippen molar-refractivity contribution in [1.82, 2.24) is 0 Å². The first kappa shape index (κ1) is 5.48. The Kier molecular flexibility index (Phi) is 1.42. The zero-order chi connectivity index (χ0) is 4.50. The molecule has 0 aromatic heterocycles. The summed E-state index contributed by atoms with van der Waals surface area (Å²) in [7, 11) is 0. The molecule has 0 heterocycles. The van der Waals surface area contributed by atoms with E-state index in [1.807, 2.05) is 17.5 Å². The molecule has 0 atom stereocenters. The van der Waals surface area contributed by atoms with Gasteiger partial charge in [-0.1, -0.05) is 0 Å². The predicted octanol–water partition coefficient (Wildman–Crippen LogP) is 0.814. The third kappa shape index (κ3) is 120. The zero-order valence-corrected chi connectivity index (χ0v) is 5.57. The molecule has 0 spiro atoms. The standard InChI is InChI=1S/C3H10OSe/c1-5(2,3)4/h4H,1-3H3. The molecule has 0 saturated heterocycles. The summed E-state index contributed by atoms with van der Waals surface area (Å²) in [5, 5.41) is 0. The molecule has 0 saturated carbocycles. The minimum absolute atomic E-state index is 1.75. The van der Waals surface area contributed by atoms with Crippen molar-refractivity contribution < 1.29 is 4.19 Å². The van der Waals surface area contributed by atoms with Crippen LogP contribution in [0.25, 0.3) is 0 Å². The van der Waals surface area contributed by atoms with Gasteiger partial charge in [0.2, 0.25) is 0 Å². The van der Waals surface area contributed by atoms with Gasteiger partial charge >= 0.3 is 34.8 Å². The van der Waals surface area contributed by atoms with Crippen molar-refractivity contribution in [2.75, 3.05) is 0 Å². The van der Waals surface area contributed by atoms with Gasteiger partial charge in [0.25, 0.3) is 0 Å². The Hall–Kier alpha value is 0.479. The van der Waals surface area contributed by atoms with Crippen molar-refractivity contribution in [2.24, 2.45) is 0 Å². The summed E-state index contributed by atoms with van der Waals surface area (Å²) in [5.41, 5.74) is 0. The van der Waals surface area contributed by atoms with E-state index >= 15 is 0 Å². The van der Waals surface area contributed by atoms with Crippen molar-refractivity contribution in [3.8, 4) is 0 Å². The summed E-state index contributed by atoms with van der Waals surface area (Å²) in [5.74, 6) is 5.70. The van der Waals surface area contributed by atoms with E-state index < -0.39 is 13.2 Å². The molecular formula is C3H10OSe. The second-order valence-electron chi connectivity index (χ2n) is 1.77. The SMILES string of the molecule is C[Se](C)(C)O. The average Bonchev–Trinajstić information content (AvgIpc) is 0.722. The molecule has 0 amide bonds. The minimum atomic E-state index is -1.75. The zero-order valence-electron chi connectivity index (χ0n) is 3.86. The van der Waals surface area contributed by atoms with Crippen LogP contribution in [-0.2, 0) is 0 Å². The first-order valence-corrected chi connectivity index (χ1v) is 7.31. The Morgan fingerprint density at radius 1 is 1.20 bits per heavy atom. The van der Waals surface area contributed by atoms with Gasteiger partial charge in [-0.2, -0.15) is 0 Å². The monoisotopic (exact) mass is 142 g/mol. The van der Waals surface area contributed by atoms with E-state index in [0.29, 0.717) is 0 Å². The Bertz CT molecular complexity index is 22.4. The Balaban J connectivity index is 3.02. The van der Waals surface area contributed by atoms with Crippen LogP contribution in [0.3, 0.4) is 0 Å². The van der Waals surface area contributed by atoms with Crippen LogP contribution in [0.1, 0.15) is 0 Å². The molecule has 0 unspecified atom stereocenters. The van der Waals surface area contributed by atoms with Crippen LogP contribution in [0.5, 0.6) is 0 Å². The fourth-order valence-corrected chi connectivity index (χ4v) is 0. The summed E-state index contributed by atoms with van der Waals surface area (Å²) in [6.45, 7) is 0. The molecule has 0 bridgehead atoms. The van der Waals surface area contributed by atoms with Crippen molar-refractivity contribution in [2.45, 2.75) is 17.5 Å². The van der Waals surface area contributed by atoms with E-state index in [9.17, 15) is 0 Å². The van der Waals surface area contributed by atoms with Crippen molar-refractivity contribution in [3.05, 3.63) is 0 Å². The van der Waals surface area contributed by atoms with Crippen LogP contribution < -0.4 is 0 Å². The van der Waals surface area contributed by atoms with Gasteiger partial charge in [-0.25, -0.2) is 0 Å². The van der Waals surface area contributed by atoms with Gasteiger partial charge in [-0.05, 0) is 0 Å². The van der Waals surface area contributed by atoms with Gasteiger partial charge in [-0.3, -0.25) is 0 Å². The van der Waals surface area contributed by atoms with Crippen molar-refractivity contribution in [1.29, 1.82) is 0 Å². The third-order valence-corrected chi connectivity index (χ3v) is 0. The maximum absolute atomic E-state index is 8.68. The molecule has 0 rings (SSSR count). The molecule has 1 N–H and O–H groups in total. The molecule has 0 aliphatic rings. The summed E-state index contributed by atoms with van der Waals surface area (Å²) < 4.78 is 8.68. The van der Waals surface area contributed by atoms with Gasteiger partial charge in [-0.15, -0.1) is 0 Å². The van der Waals surface area contributed by atoms with Crippen LogP contribution in [0, 0.1) is 0 Å². The molecule has 0 aromatic rings. The van der Waals surface area contributed by atoms with E-state index in [1.54, 1.807) is 0 Å². The van der Waals surface area contributed by atoms with E-state index in [1.165, 1.54) is 0 Å². The molecule has 0 aliphatic carbocycles. The molecular weight excluding hydrogens is 131 g/mol. The number of rotatable bonds is 0. The van der Waals surface area contributed by atoms with Crippen LogP contribution in [-0.4, -0.2) is 17.4 Å². The molecule has 34 valence electrons. The van der Waals surface area contributed by atoms with E-state index in [2.05, 4.69) is 0 Å². The number of hydrogen-bond donors (Lipinski definition) is 1. The first-order valence-electron chi connectivity index (χ1n) is 1.41. The molecule has 0 fully saturated rings. The summed E-state index contributed by atoms with van der Waals surface area (Å²) >= 11 is -1.75. The first-order chi connectivity index (χ1) is 2.00. The molecule has 0 radical (unpaired) electrons. The van der Waals surface area contributed by atoms with E-state index in [-0.39, 0.29) is 0 Å². The summed E-state index contributed by atoms with van der Waals surface area (Å²) in [6, 6.07) is 0. The van der Waals surface area contributed by atoms with Crippen molar-refractivity contribution >= 4 is 13.2 Å². The average molecular weight is 141 g/mol. The van der Waals surface area contributed by atoms with Gasteiger partial charge in [0.05, 0.1) is 0 Å². The van der Waals surface area contributed by atoms with Crippen LogP contribution in [0.4, 0.5) is 0 Å². The molecule has 0 aromatic carbocycles. The van der Waals surface area contributed by atoms with E-state index in [0.717, 1.165) is 0 Å². The fourth-order valence-electron chi connectivity index (χ4n) is 0. The molecule has 0 aliphatic heterocycles. The van der Waals surface area contributed by atoms with Gasteiger partial charge in [0.15, 0.2) is 0 Å². The normalized spacial score (nSPS) is 15.2. The third-order valence-electron chi connectivity index (χ3n) is 0. The molecule has 2 heteroatoms.